The predicted octanol–water partition coefficient (Wildman–Crippen LogP) is 4.78. The second-order valence-electron chi connectivity index (χ2n) is 13.1. The molecule has 0 bridgehead atoms. The number of carbonyl (C=O) groups excluding carboxylic acids is 3. The van der Waals surface area contributed by atoms with Gasteiger partial charge < -0.3 is 9.47 Å². The van der Waals surface area contributed by atoms with E-state index in [-0.39, 0.29) is 60.0 Å². The average molecular weight is 515 g/mol. The minimum Gasteiger partial charge on any atom is -0.303 e. The van der Waals surface area contributed by atoms with Crippen molar-refractivity contribution in [3.8, 4) is 0 Å². The number of Topliss-reactive ketones (excluding diaryl/α,β-unsaturated/α-hetero) is 2. The molecule has 0 N–H and O–H groups in total. The van der Waals surface area contributed by atoms with Gasteiger partial charge in [0.2, 0.25) is 0 Å². The Morgan fingerprint density at radius 2 is 1.70 bits per heavy atom. The zero-order chi connectivity index (χ0) is 26.8. The Morgan fingerprint density at radius 1 is 1.03 bits per heavy atom. The summed E-state index contributed by atoms with van der Waals surface area (Å²) in [5.41, 5.74) is -1.28. The molecule has 4 aliphatic carbocycles. The van der Waals surface area contributed by atoms with Gasteiger partial charge in [-0.2, -0.15) is 0 Å². The highest BCUT2D eigenvalue weighted by Gasteiger charge is 2.72. The Hall–Kier alpha value is -1.67. The lowest BCUT2D eigenvalue weighted by Crippen LogP contribution is -2.68. The van der Waals surface area contributed by atoms with Crippen molar-refractivity contribution >= 4 is 17.3 Å². The number of carbonyl (C=O) groups is 3. The van der Waals surface area contributed by atoms with Gasteiger partial charge in [-0.25, -0.2) is 0 Å². The van der Waals surface area contributed by atoms with Crippen LogP contribution < -0.4 is 0 Å². The molecule has 0 aromatic carbocycles. The SMILES string of the molecule is CC(C)COC1(OCC(C)C)OCC(=O)[C@]2(CC[C@H]3[C@@H]4CCC5=CC(=O)C=C[C@]5(C)[C@H]4C(=O)C[C@@]32C)O1. The van der Waals surface area contributed by atoms with Crippen LogP contribution in [-0.4, -0.2) is 48.9 Å². The Kier molecular flexibility index (Phi) is 6.70. The fourth-order valence-electron chi connectivity index (χ4n) is 7.93. The molecule has 7 nitrogen and oxygen atoms in total. The molecule has 1 heterocycles. The van der Waals surface area contributed by atoms with Gasteiger partial charge in [-0.3, -0.25) is 23.9 Å². The quantitative estimate of drug-likeness (QED) is 0.471. The number of allylic oxidation sites excluding steroid dienone is 4. The molecular weight excluding hydrogens is 472 g/mol. The van der Waals surface area contributed by atoms with Crippen molar-refractivity contribution in [3.05, 3.63) is 23.8 Å². The molecule has 4 fully saturated rings. The van der Waals surface area contributed by atoms with Crippen molar-refractivity contribution in [1.82, 2.24) is 0 Å². The maximum Gasteiger partial charge on any atom is 0.414 e. The summed E-state index contributed by atoms with van der Waals surface area (Å²) in [7, 11) is 0. The van der Waals surface area contributed by atoms with Crippen LogP contribution in [0.1, 0.15) is 73.6 Å². The van der Waals surface area contributed by atoms with Gasteiger partial charge >= 0.3 is 6.16 Å². The smallest absolute Gasteiger partial charge is 0.303 e. The van der Waals surface area contributed by atoms with Gasteiger partial charge in [0.1, 0.15) is 18.0 Å². The van der Waals surface area contributed by atoms with Gasteiger partial charge in [0.15, 0.2) is 11.6 Å². The van der Waals surface area contributed by atoms with E-state index in [9.17, 15) is 14.4 Å². The van der Waals surface area contributed by atoms with Crippen molar-refractivity contribution in [2.75, 3.05) is 19.8 Å². The van der Waals surface area contributed by atoms with Gasteiger partial charge in [-0.15, -0.1) is 0 Å². The fraction of sp³-hybridized carbons (Fsp3) is 0.767. The van der Waals surface area contributed by atoms with E-state index in [0.29, 0.717) is 19.6 Å². The van der Waals surface area contributed by atoms with E-state index in [1.165, 1.54) is 0 Å². The molecule has 7 heteroatoms. The summed E-state index contributed by atoms with van der Waals surface area (Å²) < 4.78 is 24.8. The van der Waals surface area contributed by atoms with E-state index in [0.717, 1.165) is 24.8 Å². The van der Waals surface area contributed by atoms with Crippen molar-refractivity contribution in [3.63, 3.8) is 0 Å². The lowest BCUT2D eigenvalue weighted by atomic mass is 9.46. The van der Waals surface area contributed by atoms with Crippen LogP contribution in [0.2, 0.25) is 0 Å². The topological polar surface area (TPSA) is 88.1 Å². The first-order chi connectivity index (χ1) is 17.4. The lowest BCUT2D eigenvalue weighted by Gasteiger charge is -2.58. The van der Waals surface area contributed by atoms with Gasteiger partial charge in [0.05, 0.1) is 13.2 Å². The summed E-state index contributed by atoms with van der Waals surface area (Å²) in [6.45, 7) is 12.8. The van der Waals surface area contributed by atoms with Crippen LogP contribution in [0.4, 0.5) is 0 Å². The molecule has 0 unspecified atom stereocenters. The molecule has 5 rings (SSSR count). The molecule has 6 atom stereocenters. The third kappa shape index (κ3) is 4.12. The first kappa shape index (κ1) is 26.9. The zero-order valence-corrected chi connectivity index (χ0v) is 23.1. The minimum absolute atomic E-state index is 0.000761. The maximum atomic E-state index is 14.0. The number of hydrogen-bond acceptors (Lipinski definition) is 7. The highest BCUT2D eigenvalue weighted by Crippen LogP contribution is 2.68. The van der Waals surface area contributed by atoms with Crippen LogP contribution in [0.25, 0.3) is 0 Å². The molecule has 0 aromatic heterocycles. The summed E-state index contributed by atoms with van der Waals surface area (Å²) in [5, 5.41) is 0. The molecule has 0 radical (unpaired) electrons. The van der Waals surface area contributed by atoms with E-state index in [4.69, 9.17) is 18.9 Å². The Balaban J connectivity index is 1.50. The first-order valence-electron chi connectivity index (χ1n) is 14.0. The summed E-state index contributed by atoms with van der Waals surface area (Å²) in [6, 6.07) is 0. The molecule has 37 heavy (non-hydrogen) atoms. The summed E-state index contributed by atoms with van der Waals surface area (Å²) in [6.07, 6.45) is 6.70. The van der Waals surface area contributed by atoms with Crippen molar-refractivity contribution < 1.29 is 33.3 Å². The van der Waals surface area contributed by atoms with E-state index >= 15 is 0 Å². The molecule has 1 spiro atoms. The van der Waals surface area contributed by atoms with Crippen molar-refractivity contribution in [1.29, 1.82) is 0 Å². The molecular formula is C30H42O7. The summed E-state index contributed by atoms with van der Waals surface area (Å²) in [5.74, 6) is 0.498. The highest BCUT2D eigenvalue weighted by molar-refractivity contribution is 6.02. The second kappa shape index (κ2) is 9.22. The number of ether oxygens (including phenoxy) is 4. The average Bonchev–Trinajstić information content (AvgIpc) is 3.11. The van der Waals surface area contributed by atoms with E-state index < -0.39 is 22.6 Å². The van der Waals surface area contributed by atoms with Crippen molar-refractivity contribution in [2.24, 2.45) is 40.4 Å². The van der Waals surface area contributed by atoms with Crippen LogP contribution in [-0.2, 0) is 33.3 Å². The lowest BCUT2D eigenvalue weighted by molar-refractivity contribution is -0.532. The normalized spacial score (nSPS) is 40.7. The van der Waals surface area contributed by atoms with Gasteiger partial charge in [-0.05, 0) is 61.5 Å². The van der Waals surface area contributed by atoms with Gasteiger partial charge in [0, 0.05) is 23.2 Å². The van der Waals surface area contributed by atoms with Crippen LogP contribution >= 0.6 is 0 Å². The van der Waals surface area contributed by atoms with E-state index in [2.05, 4.69) is 13.8 Å². The predicted molar refractivity (Wildman–Crippen MR) is 136 cm³/mol. The van der Waals surface area contributed by atoms with Gasteiger partial charge in [-0.1, -0.05) is 53.2 Å². The largest absolute Gasteiger partial charge is 0.414 e. The van der Waals surface area contributed by atoms with Crippen LogP contribution in [0.15, 0.2) is 23.8 Å². The second-order valence-corrected chi connectivity index (χ2v) is 13.1. The van der Waals surface area contributed by atoms with Crippen LogP contribution in [0, 0.1) is 40.4 Å². The Morgan fingerprint density at radius 3 is 2.35 bits per heavy atom. The molecule has 1 saturated heterocycles. The van der Waals surface area contributed by atoms with Crippen molar-refractivity contribution in [2.45, 2.75) is 85.4 Å². The zero-order valence-electron chi connectivity index (χ0n) is 23.1. The standard InChI is InChI=1S/C30H42O7/c1-18(2)15-34-30(35-16-19(3)4)36-17-25(33)29(37-30)12-10-23-22-8-7-20-13-21(31)9-11-27(20,5)26(22)24(32)14-28(23,29)6/h9,11,13,18-19,22-23,26H,7-8,10,12,14-17H2,1-6H3/t22-,23-,26+,27-,28-,29-/m0/s1. The van der Waals surface area contributed by atoms with E-state index in [1.807, 2.05) is 33.8 Å². The first-order valence-corrected chi connectivity index (χ1v) is 14.0. The number of fused-ring (bicyclic) bond motifs is 6. The third-order valence-corrected chi connectivity index (χ3v) is 9.69. The molecule has 3 saturated carbocycles. The molecule has 0 aromatic rings. The summed E-state index contributed by atoms with van der Waals surface area (Å²) in [4.78, 5) is 39.8. The fourth-order valence-corrected chi connectivity index (χ4v) is 7.93. The Labute approximate surface area is 220 Å². The summed E-state index contributed by atoms with van der Waals surface area (Å²) >= 11 is 0. The minimum atomic E-state index is -1.76. The molecule has 5 aliphatic rings. The van der Waals surface area contributed by atoms with Crippen LogP contribution in [0.3, 0.4) is 0 Å². The molecule has 1 aliphatic heterocycles. The monoisotopic (exact) mass is 514 g/mol. The number of ketones is 3. The highest BCUT2D eigenvalue weighted by atomic mass is 17.0. The van der Waals surface area contributed by atoms with Gasteiger partial charge in [0.25, 0.3) is 0 Å². The number of rotatable bonds is 6. The Bertz CT molecular complexity index is 1030. The van der Waals surface area contributed by atoms with Crippen LogP contribution in [0.5, 0.6) is 0 Å². The molecule has 0 amide bonds. The third-order valence-electron chi connectivity index (χ3n) is 9.69. The molecule has 204 valence electrons. The maximum absolute atomic E-state index is 14.0. The number of hydrogen-bond donors (Lipinski definition) is 0. The van der Waals surface area contributed by atoms with E-state index in [1.54, 1.807) is 12.2 Å².